The number of primary amides is 1. The molecule has 0 aliphatic carbocycles. The van der Waals surface area contributed by atoms with Gasteiger partial charge in [0, 0.05) is 0 Å². The number of methoxy groups -OCH3 is 1. The average Bonchev–Trinajstić information content (AvgIpc) is 2.44. The molecule has 21 heavy (non-hydrogen) atoms. The zero-order chi connectivity index (χ0) is 15.8. The molecule has 0 unspecified atom stereocenters. The molecule has 0 heterocycles. The Labute approximate surface area is 121 Å². The molecule has 1 aromatic rings. The van der Waals surface area contributed by atoms with Crippen LogP contribution in [0.5, 0.6) is 11.5 Å². The summed E-state index contributed by atoms with van der Waals surface area (Å²) in [4.78, 5) is 33.2. The summed E-state index contributed by atoms with van der Waals surface area (Å²) in [6.07, 6.45) is -1.15. The molecule has 0 spiro atoms. The van der Waals surface area contributed by atoms with E-state index in [0.717, 1.165) is 0 Å². The van der Waals surface area contributed by atoms with Gasteiger partial charge in [-0.1, -0.05) is 0 Å². The molecule has 3 N–H and O–H groups in total. The molecular formula is C13H16N2O6. The van der Waals surface area contributed by atoms with Crippen LogP contribution in [0.3, 0.4) is 0 Å². The van der Waals surface area contributed by atoms with Gasteiger partial charge in [0.15, 0.2) is 12.7 Å². The average molecular weight is 296 g/mol. The molecule has 0 fully saturated rings. The largest absolute Gasteiger partial charge is 0.497 e. The van der Waals surface area contributed by atoms with Crippen LogP contribution in [0.1, 0.15) is 6.92 Å². The van der Waals surface area contributed by atoms with Gasteiger partial charge < -0.3 is 19.9 Å². The van der Waals surface area contributed by atoms with Crippen LogP contribution in [0.4, 0.5) is 4.79 Å². The smallest absolute Gasteiger partial charge is 0.344 e. The van der Waals surface area contributed by atoms with E-state index in [0.29, 0.717) is 11.5 Å². The van der Waals surface area contributed by atoms with Crippen LogP contribution < -0.4 is 20.5 Å². The van der Waals surface area contributed by atoms with Crippen molar-refractivity contribution >= 4 is 17.9 Å². The molecule has 0 saturated heterocycles. The van der Waals surface area contributed by atoms with Crippen molar-refractivity contribution in [3.05, 3.63) is 24.3 Å². The highest BCUT2D eigenvalue weighted by Crippen LogP contribution is 2.16. The Bertz CT molecular complexity index is 514. The monoisotopic (exact) mass is 296 g/mol. The fourth-order valence-electron chi connectivity index (χ4n) is 1.32. The predicted octanol–water partition coefficient (Wildman–Crippen LogP) is 0.201. The van der Waals surface area contributed by atoms with Crippen molar-refractivity contribution < 1.29 is 28.6 Å². The molecule has 0 aromatic heterocycles. The topological polar surface area (TPSA) is 117 Å². The third-order valence-electron chi connectivity index (χ3n) is 2.34. The summed E-state index contributed by atoms with van der Waals surface area (Å²) in [7, 11) is 1.53. The van der Waals surface area contributed by atoms with Gasteiger partial charge in [0.25, 0.3) is 5.91 Å². The summed E-state index contributed by atoms with van der Waals surface area (Å²) in [5, 5.41) is 1.80. The van der Waals surface area contributed by atoms with Crippen LogP contribution in [0.25, 0.3) is 0 Å². The highest BCUT2D eigenvalue weighted by molar-refractivity contribution is 5.96. The highest BCUT2D eigenvalue weighted by Gasteiger charge is 2.19. The standard InChI is InChI=1S/C13H16N2O6/c1-8(12(17)15-13(14)18)21-11(16)7-20-10-5-3-9(19-2)4-6-10/h3-6,8H,7H2,1-2H3,(H3,14,15,17,18)/t8-/m0/s1. The fourth-order valence-corrected chi connectivity index (χ4v) is 1.32. The van der Waals surface area contributed by atoms with Crippen LogP contribution in [0.2, 0.25) is 0 Å². The van der Waals surface area contributed by atoms with Crippen LogP contribution in [-0.2, 0) is 14.3 Å². The van der Waals surface area contributed by atoms with Crippen molar-refractivity contribution in [1.29, 1.82) is 0 Å². The number of hydrogen-bond acceptors (Lipinski definition) is 6. The van der Waals surface area contributed by atoms with Gasteiger partial charge >= 0.3 is 12.0 Å². The number of ether oxygens (including phenoxy) is 3. The Morgan fingerprint density at radius 3 is 2.29 bits per heavy atom. The Balaban J connectivity index is 2.39. The molecule has 1 aromatic carbocycles. The molecule has 0 saturated carbocycles. The van der Waals surface area contributed by atoms with Crippen LogP contribution >= 0.6 is 0 Å². The molecule has 8 nitrogen and oxygen atoms in total. The molecule has 0 aliphatic rings. The zero-order valence-electron chi connectivity index (χ0n) is 11.6. The minimum Gasteiger partial charge on any atom is -0.497 e. The summed E-state index contributed by atoms with van der Waals surface area (Å²) in [5.41, 5.74) is 4.77. The fraction of sp³-hybridized carbons (Fsp3) is 0.308. The first-order chi connectivity index (χ1) is 9.92. The SMILES string of the molecule is COc1ccc(OCC(=O)O[C@@H](C)C(=O)NC(N)=O)cc1. The number of benzene rings is 1. The molecular weight excluding hydrogens is 280 g/mol. The Hall–Kier alpha value is -2.77. The minimum absolute atomic E-state index is 0.374. The molecule has 1 rings (SSSR count). The van der Waals surface area contributed by atoms with E-state index >= 15 is 0 Å². The number of carbonyl (C=O) groups is 3. The van der Waals surface area contributed by atoms with Crippen molar-refractivity contribution in [2.45, 2.75) is 13.0 Å². The lowest BCUT2D eigenvalue weighted by atomic mass is 10.3. The van der Waals surface area contributed by atoms with Crippen molar-refractivity contribution in [2.75, 3.05) is 13.7 Å². The zero-order valence-corrected chi connectivity index (χ0v) is 11.6. The van der Waals surface area contributed by atoms with E-state index in [9.17, 15) is 14.4 Å². The first-order valence-electron chi connectivity index (χ1n) is 5.99. The number of carbonyl (C=O) groups excluding carboxylic acids is 3. The number of hydrogen-bond donors (Lipinski definition) is 2. The van der Waals surface area contributed by atoms with Crippen LogP contribution in [0.15, 0.2) is 24.3 Å². The van der Waals surface area contributed by atoms with Crippen LogP contribution in [0, 0.1) is 0 Å². The Morgan fingerprint density at radius 1 is 1.19 bits per heavy atom. The number of rotatable bonds is 6. The third kappa shape index (κ3) is 5.81. The number of nitrogens with one attached hydrogen (secondary N) is 1. The lowest BCUT2D eigenvalue weighted by Gasteiger charge is -2.12. The van der Waals surface area contributed by atoms with Gasteiger partial charge in [-0.25, -0.2) is 9.59 Å². The Morgan fingerprint density at radius 2 is 1.76 bits per heavy atom. The Kier molecular flexibility index (Phi) is 5.99. The number of imide groups is 1. The summed E-state index contributed by atoms with van der Waals surface area (Å²) >= 11 is 0. The second-order valence-corrected chi connectivity index (χ2v) is 3.95. The van der Waals surface area contributed by atoms with E-state index in [4.69, 9.17) is 19.9 Å². The molecule has 114 valence electrons. The lowest BCUT2D eigenvalue weighted by molar-refractivity contribution is -0.156. The summed E-state index contributed by atoms with van der Waals surface area (Å²) in [5.74, 6) is -0.457. The second kappa shape index (κ2) is 7.73. The number of urea groups is 1. The molecule has 8 heteroatoms. The number of esters is 1. The summed E-state index contributed by atoms with van der Waals surface area (Å²) in [6.45, 7) is 0.935. The maximum absolute atomic E-state index is 11.5. The van der Waals surface area contributed by atoms with E-state index < -0.39 is 24.0 Å². The van der Waals surface area contributed by atoms with E-state index in [1.807, 2.05) is 0 Å². The van der Waals surface area contributed by atoms with Gasteiger partial charge in [-0.05, 0) is 31.2 Å². The van der Waals surface area contributed by atoms with Crippen molar-refractivity contribution in [3.63, 3.8) is 0 Å². The molecule has 0 radical (unpaired) electrons. The maximum atomic E-state index is 11.5. The van der Waals surface area contributed by atoms with Gasteiger partial charge in [0.05, 0.1) is 7.11 Å². The normalized spacial score (nSPS) is 11.1. The molecule has 3 amide bonds. The highest BCUT2D eigenvalue weighted by atomic mass is 16.6. The van der Waals surface area contributed by atoms with Gasteiger partial charge in [0.1, 0.15) is 11.5 Å². The second-order valence-electron chi connectivity index (χ2n) is 3.95. The summed E-state index contributed by atoms with van der Waals surface area (Å²) in [6, 6.07) is 5.56. The van der Waals surface area contributed by atoms with Gasteiger partial charge in [-0.3, -0.25) is 10.1 Å². The van der Waals surface area contributed by atoms with Crippen molar-refractivity contribution in [1.82, 2.24) is 5.32 Å². The minimum atomic E-state index is -1.15. The van der Waals surface area contributed by atoms with Gasteiger partial charge in [0.2, 0.25) is 0 Å². The van der Waals surface area contributed by atoms with E-state index in [2.05, 4.69) is 0 Å². The number of nitrogens with two attached hydrogens (primary N) is 1. The first-order valence-corrected chi connectivity index (χ1v) is 5.99. The van der Waals surface area contributed by atoms with E-state index in [-0.39, 0.29) is 6.61 Å². The number of amides is 3. The summed E-state index contributed by atoms with van der Waals surface area (Å²) < 4.78 is 14.9. The van der Waals surface area contributed by atoms with Gasteiger partial charge in [-0.2, -0.15) is 0 Å². The molecule has 0 aliphatic heterocycles. The molecule has 1 atom stereocenters. The molecule has 0 bridgehead atoms. The quantitative estimate of drug-likeness (QED) is 0.724. The third-order valence-corrected chi connectivity index (χ3v) is 2.34. The van der Waals surface area contributed by atoms with Crippen molar-refractivity contribution in [3.8, 4) is 11.5 Å². The van der Waals surface area contributed by atoms with E-state index in [1.54, 1.807) is 29.6 Å². The van der Waals surface area contributed by atoms with Crippen LogP contribution in [-0.4, -0.2) is 37.7 Å². The lowest BCUT2D eigenvalue weighted by Crippen LogP contribution is -2.42. The predicted molar refractivity (Wildman–Crippen MR) is 71.8 cm³/mol. The van der Waals surface area contributed by atoms with Crippen molar-refractivity contribution in [2.24, 2.45) is 5.73 Å². The first kappa shape index (κ1) is 16.3. The van der Waals surface area contributed by atoms with Gasteiger partial charge in [-0.15, -0.1) is 0 Å². The maximum Gasteiger partial charge on any atom is 0.344 e. The van der Waals surface area contributed by atoms with E-state index in [1.165, 1.54) is 14.0 Å².